The van der Waals surface area contributed by atoms with Gasteiger partial charge in [0, 0.05) is 12.2 Å². The molecule has 1 aromatic carbocycles. The van der Waals surface area contributed by atoms with E-state index in [0.717, 1.165) is 0 Å². The molecule has 24 heavy (non-hydrogen) atoms. The first kappa shape index (κ1) is 16.7. The lowest BCUT2D eigenvalue weighted by Gasteiger charge is -2.17. The number of rotatable bonds is 4. The van der Waals surface area contributed by atoms with Crippen molar-refractivity contribution in [3.63, 3.8) is 0 Å². The van der Waals surface area contributed by atoms with E-state index in [1.807, 2.05) is 0 Å². The van der Waals surface area contributed by atoms with Gasteiger partial charge in [-0.15, -0.1) is 0 Å². The van der Waals surface area contributed by atoms with Crippen molar-refractivity contribution < 1.29 is 27.9 Å². The maximum Gasteiger partial charge on any atom is 0.332 e. The highest BCUT2D eigenvalue weighted by atomic mass is 32.2. The molecule has 0 aromatic heterocycles. The number of hydrogen-bond donors (Lipinski definition) is 2. The third-order valence-electron chi connectivity index (χ3n) is 4.11. The molecule has 2 fully saturated rings. The number of anilines is 2. The number of amides is 1. The molecule has 2 heterocycles. The van der Waals surface area contributed by atoms with Crippen LogP contribution in [0.3, 0.4) is 0 Å². The van der Waals surface area contributed by atoms with Gasteiger partial charge in [0.05, 0.1) is 11.4 Å². The first-order valence-corrected chi connectivity index (χ1v) is 9.27. The van der Waals surface area contributed by atoms with Crippen molar-refractivity contribution in [3.8, 4) is 0 Å². The molecular weight excluding hydrogens is 336 g/mol. The minimum absolute atomic E-state index is 0.148. The molecule has 2 saturated heterocycles. The van der Waals surface area contributed by atoms with Crippen LogP contribution in [0.4, 0.5) is 11.4 Å². The van der Waals surface area contributed by atoms with Gasteiger partial charge in [-0.1, -0.05) is 0 Å². The van der Waals surface area contributed by atoms with E-state index in [2.05, 4.69) is 5.32 Å². The fourth-order valence-corrected chi connectivity index (χ4v) is 4.44. The quantitative estimate of drug-likeness (QED) is 0.827. The predicted molar refractivity (Wildman–Crippen MR) is 86.4 cm³/mol. The number of carboxylic acid groups (broad SMARTS) is 1. The van der Waals surface area contributed by atoms with Gasteiger partial charge < -0.3 is 15.2 Å². The zero-order valence-corrected chi connectivity index (χ0v) is 13.7. The summed E-state index contributed by atoms with van der Waals surface area (Å²) in [5.74, 6) is -1.32. The molecule has 0 radical (unpaired) electrons. The van der Waals surface area contributed by atoms with Crippen LogP contribution in [0.25, 0.3) is 0 Å². The average Bonchev–Trinajstić information content (AvgIpc) is 3.14. The van der Waals surface area contributed by atoms with Gasteiger partial charge in [0.1, 0.15) is 6.10 Å². The van der Waals surface area contributed by atoms with Crippen LogP contribution in [-0.2, 0) is 24.3 Å². The molecule has 0 spiro atoms. The summed E-state index contributed by atoms with van der Waals surface area (Å²) in [6.45, 7) is 0.459. The summed E-state index contributed by atoms with van der Waals surface area (Å²) in [6.07, 6.45) is -0.468. The van der Waals surface area contributed by atoms with Gasteiger partial charge in [-0.25, -0.2) is 13.2 Å². The largest absolute Gasteiger partial charge is 0.479 e. The smallest absolute Gasteiger partial charge is 0.332 e. The second kappa shape index (κ2) is 6.40. The number of benzene rings is 1. The highest BCUT2D eigenvalue weighted by Gasteiger charge is 2.34. The second-order valence-electron chi connectivity index (χ2n) is 5.81. The molecule has 0 bridgehead atoms. The van der Waals surface area contributed by atoms with Crippen molar-refractivity contribution in [2.45, 2.75) is 31.5 Å². The van der Waals surface area contributed by atoms with Gasteiger partial charge in [-0.2, -0.15) is 0 Å². The van der Waals surface area contributed by atoms with Gasteiger partial charge in [-0.05, 0) is 43.5 Å². The van der Waals surface area contributed by atoms with Crippen molar-refractivity contribution in [1.82, 2.24) is 0 Å². The molecule has 9 heteroatoms. The summed E-state index contributed by atoms with van der Waals surface area (Å²) in [6, 6.07) is 6.50. The molecule has 1 aromatic rings. The number of nitrogens with one attached hydrogen (secondary N) is 1. The molecule has 3 rings (SSSR count). The number of aliphatic carboxylic acids is 1. The van der Waals surface area contributed by atoms with E-state index in [1.165, 1.54) is 4.31 Å². The summed E-state index contributed by atoms with van der Waals surface area (Å²) in [5, 5.41) is 11.5. The van der Waals surface area contributed by atoms with Gasteiger partial charge in [0.25, 0.3) is 5.91 Å². The van der Waals surface area contributed by atoms with Crippen LogP contribution in [0.5, 0.6) is 0 Å². The number of carbonyl (C=O) groups excluding carboxylic acids is 1. The van der Waals surface area contributed by atoms with Crippen molar-refractivity contribution in [2.75, 3.05) is 21.9 Å². The van der Waals surface area contributed by atoms with Crippen molar-refractivity contribution in [3.05, 3.63) is 24.3 Å². The van der Waals surface area contributed by atoms with E-state index in [1.54, 1.807) is 24.3 Å². The molecule has 0 unspecified atom stereocenters. The Balaban J connectivity index is 1.62. The third-order valence-corrected chi connectivity index (χ3v) is 5.98. The number of carbonyl (C=O) groups is 2. The van der Waals surface area contributed by atoms with Crippen LogP contribution in [0, 0.1) is 0 Å². The maximum atomic E-state index is 12.1. The molecule has 130 valence electrons. The van der Waals surface area contributed by atoms with Crippen LogP contribution < -0.4 is 9.62 Å². The number of sulfonamides is 1. The molecule has 0 saturated carbocycles. The Kier molecular flexibility index (Phi) is 4.46. The minimum atomic E-state index is -3.23. The van der Waals surface area contributed by atoms with Crippen LogP contribution in [0.2, 0.25) is 0 Å². The molecule has 2 N–H and O–H groups in total. The fourth-order valence-electron chi connectivity index (χ4n) is 2.88. The van der Waals surface area contributed by atoms with E-state index in [-0.39, 0.29) is 5.75 Å². The zero-order chi connectivity index (χ0) is 17.3. The lowest BCUT2D eigenvalue weighted by Crippen LogP contribution is -2.30. The SMILES string of the molecule is O=C(Nc1ccc(N2CCCS2(=O)=O)cc1)[C@@H]1CC[C@H](C(=O)O)O1. The molecule has 1 amide bonds. The summed E-state index contributed by atoms with van der Waals surface area (Å²) in [7, 11) is -3.23. The van der Waals surface area contributed by atoms with E-state index in [0.29, 0.717) is 37.2 Å². The lowest BCUT2D eigenvalue weighted by atomic mass is 10.2. The monoisotopic (exact) mass is 354 g/mol. The molecule has 2 aliphatic rings. The Hall–Kier alpha value is -2.13. The van der Waals surface area contributed by atoms with Gasteiger partial charge in [0.2, 0.25) is 10.0 Å². The normalized spacial score (nSPS) is 25.6. The van der Waals surface area contributed by atoms with Crippen LogP contribution in [-0.4, -0.2) is 49.9 Å². The third kappa shape index (κ3) is 3.36. The number of carboxylic acids is 1. The van der Waals surface area contributed by atoms with Crippen LogP contribution in [0.15, 0.2) is 24.3 Å². The lowest BCUT2D eigenvalue weighted by molar-refractivity contribution is -0.150. The average molecular weight is 354 g/mol. The molecular formula is C15H18N2O6S. The molecule has 2 atom stereocenters. The number of ether oxygens (including phenoxy) is 1. The fraction of sp³-hybridized carbons (Fsp3) is 0.467. The molecule has 8 nitrogen and oxygen atoms in total. The Morgan fingerprint density at radius 1 is 1.17 bits per heavy atom. The Bertz CT molecular complexity index is 746. The van der Waals surface area contributed by atoms with Crippen molar-refractivity contribution in [1.29, 1.82) is 0 Å². The summed E-state index contributed by atoms with van der Waals surface area (Å²) < 4.78 is 30.3. The van der Waals surface area contributed by atoms with Gasteiger partial charge in [0.15, 0.2) is 6.10 Å². The topological polar surface area (TPSA) is 113 Å². The first-order valence-electron chi connectivity index (χ1n) is 7.66. The second-order valence-corrected chi connectivity index (χ2v) is 7.82. The van der Waals surface area contributed by atoms with E-state index < -0.39 is 34.1 Å². The van der Waals surface area contributed by atoms with E-state index >= 15 is 0 Å². The Morgan fingerprint density at radius 2 is 1.83 bits per heavy atom. The Morgan fingerprint density at radius 3 is 2.38 bits per heavy atom. The van der Waals surface area contributed by atoms with Crippen molar-refractivity contribution >= 4 is 33.3 Å². The Labute approximate surface area is 139 Å². The van der Waals surface area contributed by atoms with E-state index in [4.69, 9.17) is 9.84 Å². The van der Waals surface area contributed by atoms with Gasteiger partial charge in [-0.3, -0.25) is 9.10 Å². The molecule has 2 aliphatic heterocycles. The summed E-state index contributed by atoms with van der Waals surface area (Å²) >= 11 is 0. The predicted octanol–water partition coefficient (Wildman–Crippen LogP) is 0.797. The minimum Gasteiger partial charge on any atom is -0.479 e. The number of hydrogen-bond acceptors (Lipinski definition) is 5. The standard InChI is InChI=1S/C15H18N2O6S/c18-14(12-6-7-13(23-12)15(19)20)16-10-2-4-11(5-3-10)17-8-1-9-24(17,21)22/h2-5,12-13H,1,6-9H2,(H,16,18)(H,19,20)/t12-,13+/m0/s1. The zero-order valence-electron chi connectivity index (χ0n) is 12.8. The highest BCUT2D eigenvalue weighted by Crippen LogP contribution is 2.26. The van der Waals surface area contributed by atoms with Crippen LogP contribution >= 0.6 is 0 Å². The van der Waals surface area contributed by atoms with Crippen LogP contribution in [0.1, 0.15) is 19.3 Å². The van der Waals surface area contributed by atoms with E-state index in [9.17, 15) is 18.0 Å². The molecule has 0 aliphatic carbocycles. The summed E-state index contributed by atoms with van der Waals surface area (Å²) in [4.78, 5) is 22.9. The number of nitrogens with zero attached hydrogens (tertiary/aromatic N) is 1. The highest BCUT2D eigenvalue weighted by molar-refractivity contribution is 7.93. The van der Waals surface area contributed by atoms with Crippen molar-refractivity contribution in [2.24, 2.45) is 0 Å². The maximum absolute atomic E-state index is 12.1. The summed E-state index contributed by atoms with van der Waals surface area (Å²) in [5.41, 5.74) is 1.07. The van der Waals surface area contributed by atoms with Gasteiger partial charge >= 0.3 is 5.97 Å². The first-order chi connectivity index (χ1) is 11.4.